The second kappa shape index (κ2) is 8.18. The Balaban J connectivity index is 1.64. The van der Waals surface area contributed by atoms with Gasteiger partial charge in [0.2, 0.25) is 0 Å². The Kier molecular flexibility index (Phi) is 5.73. The number of piperidine rings is 1. The molecule has 1 aliphatic heterocycles. The normalized spacial score (nSPS) is 21.0. The molecule has 6 nitrogen and oxygen atoms in total. The molecule has 0 spiro atoms. The van der Waals surface area contributed by atoms with Crippen molar-refractivity contribution in [1.82, 2.24) is 20.2 Å². The van der Waals surface area contributed by atoms with Gasteiger partial charge in [0, 0.05) is 37.9 Å². The van der Waals surface area contributed by atoms with Gasteiger partial charge in [-0.05, 0) is 25.5 Å². The van der Waals surface area contributed by atoms with Crippen LogP contribution in [0.4, 0.5) is 0 Å². The molecular weight excluding hydrogens is 316 g/mol. The van der Waals surface area contributed by atoms with Crippen LogP contribution in [0, 0.1) is 12.8 Å². The van der Waals surface area contributed by atoms with E-state index in [9.17, 15) is 9.90 Å². The van der Waals surface area contributed by atoms with Crippen molar-refractivity contribution >= 4 is 5.91 Å². The predicted octanol–water partition coefficient (Wildman–Crippen LogP) is 1.40. The highest BCUT2D eigenvalue weighted by molar-refractivity contribution is 5.92. The van der Waals surface area contributed by atoms with Crippen LogP contribution in [-0.2, 0) is 6.54 Å². The van der Waals surface area contributed by atoms with Gasteiger partial charge in [0.15, 0.2) is 0 Å². The second-order valence-corrected chi connectivity index (χ2v) is 6.58. The number of aliphatic hydroxyl groups is 1. The van der Waals surface area contributed by atoms with Crippen LogP contribution < -0.4 is 5.32 Å². The fraction of sp³-hybridized carbons (Fsp3) is 0.421. The van der Waals surface area contributed by atoms with E-state index in [4.69, 9.17) is 0 Å². The van der Waals surface area contributed by atoms with Crippen molar-refractivity contribution < 1.29 is 9.90 Å². The molecule has 1 amide bonds. The average Bonchev–Trinajstić information content (AvgIpc) is 2.63. The first-order valence-electron chi connectivity index (χ1n) is 8.62. The maximum absolute atomic E-state index is 12.4. The second-order valence-electron chi connectivity index (χ2n) is 6.58. The molecule has 1 fully saturated rings. The smallest absolute Gasteiger partial charge is 0.271 e. The number of nitrogens with zero attached hydrogens (tertiary/aromatic N) is 3. The van der Waals surface area contributed by atoms with Gasteiger partial charge in [-0.15, -0.1) is 0 Å². The van der Waals surface area contributed by atoms with Crippen LogP contribution in [0.3, 0.4) is 0 Å². The van der Waals surface area contributed by atoms with Crippen molar-refractivity contribution in [3.63, 3.8) is 0 Å². The molecule has 2 N–H and O–H groups in total. The number of hydrogen-bond acceptors (Lipinski definition) is 5. The quantitative estimate of drug-likeness (QED) is 0.860. The monoisotopic (exact) mass is 340 g/mol. The number of carbonyl (C=O) groups excluding carboxylic acids is 1. The van der Waals surface area contributed by atoms with Crippen molar-refractivity contribution in [3.05, 3.63) is 59.7 Å². The van der Waals surface area contributed by atoms with Crippen LogP contribution in [0.2, 0.25) is 0 Å². The molecule has 132 valence electrons. The fourth-order valence-corrected chi connectivity index (χ4v) is 3.19. The van der Waals surface area contributed by atoms with Gasteiger partial charge in [0.25, 0.3) is 5.91 Å². The van der Waals surface area contributed by atoms with Gasteiger partial charge in [-0.1, -0.05) is 30.3 Å². The molecule has 2 heterocycles. The Bertz CT molecular complexity index is 690. The Morgan fingerprint density at radius 3 is 2.76 bits per heavy atom. The van der Waals surface area contributed by atoms with Gasteiger partial charge in [0.05, 0.1) is 11.9 Å². The van der Waals surface area contributed by atoms with E-state index in [-0.39, 0.29) is 24.5 Å². The van der Waals surface area contributed by atoms with E-state index in [2.05, 4.69) is 32.3 Å². The minimum Gasteiger partial charge on any atom is -0.396 e. The summed E-state index contributed by atoms with van der Waals surface area (Å²) in [4.78, 5) is 23.0. The van der Waals surface area contributed by atoms with Crippen LogP contribution in [0.15, 0.2) is 42.7 Å². The molecular formula is C19H24N4O2. The number of aromatic nitrogens is 2. The van der Waals surface area contributed by atoms with E-state index < -0.39 is 0 Å². The van der Waals surface area contributed by atoms with Gasteiger partial charge in [-0.2, -0.15) is 0 Å². The van der Waals surface area contributed by atoms with Gasteiger partial charge < -0.3 is 10.4 Å². The third-order valence-electron chi connectivity index (χ3n) is 4.65. The van der Waals surface area contributed by atoms with Gasteiger partial charge in [-0.25, -0.2) is 4.98 Å². The first-order valence-corrected chi connectivity index (χ1v) is 8.62. The first kappa shape index (κ1) is 17.5. The van der Waals surface area contributed by atoms with Crippen LogP contribution in [0.5, 0.6) is 0 Å². The summed E-state index contributed by atoms with van der Waals surface area (Å²) in [6.07, 6.45) is 3.93. The molecule has 0 bridgehead atoms. The Labute approximate surface area is 147 Å². The molecule has 2 atom stereocenters. The number of likely N-dealkylation sites (tertiary alicyclic amines) is 1. The molecule has 1 saturated heterocycles. The largest absolute Gasteiger partial charge is 0.396 e. The Hall–Kier alpha value is -2.31. The van der Waals surface area contributed by atoms with E-state index in [1.165, 1.54) is 11.8 Å². The number of carbonyl (C=O) groups is 1. The van der Waals surface area contributed by atoms with Gasteiger partial charge in [0.1, 0.15) is 5.69 Å². The number of aliphatic hydroxyl groups excluding tert-OH is 1. The number of hydrogen-bond donors (Lipinski definition) is 2. The van der Waals surface area contributed by atoms with Crippen LogP contribution in [-0.4, -0.2) is 51.6 Å². The summed E-state index contributed by atoms with van der Waals surface area (Å²) in [7, 11) is 0. The van der Waals surface area contributed by atoms with Crippen molar-refractivity contribution in [2.45, 2.75) is 25.9 Å². The molecule has 0 radical (unpaired) electrons. The standard InChI is InChI=1S/C19H24N4O2/c1-14-9-21-17(10-20-14)19(25)22-18-12-23(8-7-16(18)13-24)11-15-5-3-2-4-6-15/h2-6,9-10,16,18,24H,7-8,11-13H2,1H3,(H,22,25)/t16-,18-/m1/s1. The van der Waals surface area contributed by atoms with Gasteiger partial charge in [-0.3, -0.25) is 14.7 Å². The van der Waals surface area contributed by atoms with Crippen molar-refractivity contribution in [2.24, 2.45) is 5.92 Å². The topological polar surface area (TPSA) is 78.4 Å². The number of aryl methyl sites for hydroxylation is 1. The zero-order valence-electron chi connectivity index (χ0n) is 14.4. The molecule has 1 aromatic heterocycles. The van der Waals surface area contributed by atoms with Crippen molar-refractivity contribution in [2.75, 3.05) is 19.7 Å². The van der Waals surface area contributed by atoms with Crippen LogP contribution in [0.25, 0.3) is 0 Å². The zero-order chi connectivity index (χ0) is 17.6. The van der Waals surface area contributed by atoms with E-state index in [1.807, 2.05) is 25.1 Å². The molecule has 1 aliphatic rings. The molecule has 3 rings (SSSR count). The number of nitrogens with one attached hydrogen (secondary N) is 1. The zero-order valence-corrected chi connectivity index (χ0v) is 14.4. The summed E-state index contributed by atoms with van der Waals surface area (Å²) < 4.78 is 0. The minimum atomic E-state index is -0.238. The summed E-state index contributed by atoms with van der Waals surface area (Å²) in [6, 6.07) is 10.2. The van der Waals surface area contributed by atoms with Crippen molar-refractivity contribution in [1.29, 1.82) is 0 Å². The summed E-state index contributed by atoms with van der Waals surface area (Å²) >= 11 is 0. The number of amides is 1. The first-order chi connectivity index (χ1) is 12.2. The van der Waals surface area contributed by atoms with Crippen LogP contribution in [0.1, 0.15) is 28.2 Å². The maximum Gasteiger partial charge on any atom is 0.271 e. The molecule has 1 aromatic carbocycles. The van der Waals surface area contributed by atoms with E-state index in [0.717, 1.165) is 25.2 Å². The van der Waals surface area contributed by atoms with Crippen LogP contribution >= 0.6 is 0 Å². The Morgan fingerprint density at radius 1 is 1.28 bits per heavy atom. The lowest BCUT2D eigenvalue weighted by Crippen LogP contribution is -2.53. The lowest BCUT2D eigenvalue weighted by molar-refractivity contribution is 0.0726. The highest BCUT2D eigenvalue weighted by Crippen LogP contribution is 2.19. The summed E-state index contributed by atoms with van der Waals surface area (Å²) in [5, 5.41) is 12.7. The third kappa shape index (κ3) is 4.61. The molecule has 0 aliphatic carbocycles. The van der Waals surface area contributed by atoms with E-state index in [1.54, 1.807) is 6.20 Å². The average molecular weight is 340 g/mol. The molecule has 0 saturated carbocycles. The molecule has 25 heavy (non-hydrogen) atoms. The summed E-state index contributed by atoms with van der Waals surface area (Å²) in [5.74, 6) is -0.174. The SMILES string of the molecule is Cc1cnc(C(=O)N[C@@H]2CN(Cc3ccccc3)CC[C@@H]2CO)cn1. The molecule has 0 unspecified atom stereocenters. The number of rotatable bonds is 5. The molecule has 6 heteroatoms. The lowest BCUT2D eigenvalue weighted by atomic mass is 9.91. The summed E-state index contributed by atoms with van der Waals surface area (Å²) in [5.41, 5.74) is 2.33. The van der Waals surface area contributed by atoms with Gasteiger partial charge >= 0.3 is 0 Å². The van der Waals surface area contributed by atoms with Crippen molar-refractivity contribution in [3.8, 4) is 0 Å². The fourth-order valence-electron chi connectivity index (χ4n) is 3.19. The predicted molar refractivity (Wildman–Crippen MR) is 94.9 cm³/mol. The highest BCUT2D eigenvalue weighted by Gasteiger charge is 2.30. The third-order valence-corrected chi connectivity index (χ3v) is 4.65. The van der Waals surface area contributed by atoms with E-state index >= 15 is 0 Å². The summed E-state index contributed by atoms with van der Waals surface area (Å²) in [6.45, 7) is 4.38. The molecule has 2 aromatic rings. The maximum atomic E-state index is 12.4. The lowest BCUT2D eigenvalue weighted by Gasteiger charge is -2.38. The highest BCUT2D eigenvalue weighted by atomic mass is 16.3. The Morgan fingerprint density at radius 2 is 2.08 bits per heavy atom. The minimum absolute atomic E-state index is 0.0642. The number of benzene rings is 1. The van der Waals surface area contributed by atoms with E-state index in [0.29, 0.717) is 12.2 Å².